The number of sulfonamides is 1. The zero-order chi connectivity index (χ0) is 22.7. The van der Waals surface area contributed by atoms with E-state index in [-0.39, 0.29) is 29.1 Å². The summed E-state index contributed by atoms with van der Waals surface area (Å²) in [5.74, 6) is 0.284. The molecule has 2 N–H and O–H groups in total. The van der Waals surface area contributed by atoms with Crippen molar-refractivity contribution in [2.75, 3.05) is 6.54 Å². The molecular weight excluding hydrogens is 428 g/mol. The van der Waals surface area contributed by atoms with Gasteiger partial charge in [0.15, 0.2) is 0 Å². The summed E-state index contributed by atoms with van der Waals surface area (Å²) in [4.78, 5) is 19.3. The monoisotopic (exact) mass is 450 g/mol. The van der Waals surface area contributed by atoms with Gasteiger partial charge in [0.1, 0.15) is 5.82 Å². The standard InChI is InChI=1S/C22H22N6O3S/c23-13-4-14-27(17-7-8-17)22(29)21-25-20(15-16-5-2-1-3-6-16)28(26-21)18-9-11-19(12-10-18)32(24,30)31/h1-3,5-6,9-12,17H,4,7-8,14-15H2,(H2,24,30,31). The van der Waals surface area contributed by atoms with Gasteiger partial charge in [-0.2, -0.15) is 5.26 Å². The molecule has 2 aromatic carbocycles. The van der Waals surface area contributed by atoms with Crippen LogP contribution in [0.5, 0.6) is 0 Å². The molecule has 9 nitrogen and oxygen atoms in total. The highest BCUT2D eigenvalue weighted by Gasteiger charge is 2.34. The van der Waals surface area contributed by atoms with E-state index < -0.39 is 10.0 Å². The van der Waals surface area contributed by atoms with Crippen LogP contribution in [-0.4, -0.2) is 46.6 Å². The molecule has 0 bridgehead atoms. The predicted octanol–water partition coefficient (Wildman–Crippen LogP) is 2.02. The molecule has 32 heavy (non-hydrogen) atoms. The molecule has 3 aromatic rings. The Bertz CT molecular complexity index is 1260. The first-order valence-corrected chi connectivity index (χ1v) is 11.7. The van der Waals surface area contributed by atoms with Crippen molar-refractivity contribution in [3.05, 3.63) is 71.8 Å². The fourth-order valence-electron chi connectivity index (χ4n) is 3.45. The van der Waals surface area contributed by atoms with Crippen molar-refractivity contribution in [1.82, 2.24) is 19.7 Å². The second-order valence-electron chi connectivity index (χ2n) is 7.60. The lowest BCUT2D eigenvalue weighted by Crippen LogP contribution is -2.34. The summed E-state index contributed by atoms with van der Waals surface area (Å²) < 4.78 is 24.7. The highest BCUT2D eigenvalue weighted by molar-refractivity contribution is 7.89. The SMILES string of the molecule is N#CCCN(C(=O)c1nc(Cc2ccccc2)n(-c2ccc(S(N)(=O)=O)cc2)n1)C1CC1. The summed E-state index contributed by atoms with van der Waals surface area (Å²) in [7, 11) is -3.82. The Morgan fingerprint density at radius 3 is 2.44 bits per heavy atom. The minimum absolute atomic E-state index is 0.0151. The number of rotatable bonds is 8. The Balaban J connectivity index is 1.71. The first kappa shape index (κ1) is 21.7. The van der Waals surface area contributed by atoms with Crippen molar-refractivity contribution in [2.45, 2.75) is 36.6 Å². The van der Waals surface area contributed by atoms with E-state index in [0.717, 1.165) is 18.4 Å². The van der Waals surface area contributed by atoms with Crippen LogP contribution in [0.1, 0.15) is 41.3 Å². The summed E-state index contributed by atoms with van der Waals surface area (Å²) >= 11 is 0. The van der Waals surface area contributed by atoms with Crippen LogP contribution in [0.2, 0.25) is 0 Å². The zero-order valence-corrected chi connectivity index (χ0v) is 18.1. The van der Waals surface area contributed by atoms with E-state index in [1.165, 1.54) is 12.1 Å². The smallest absolute Gasteiger partial charge is 0.293 e. The van der Waals surface area contributed by atoms with Crippen molar-refractivity contribution in [3.8, 4) is 11.8 Å². The number of hydrogen-bond acceptors (Lipinski definition) is 6. The normalized spacial score (nSPS) is 13.5. The molecular formula is C22H22N6O3S. The second-order valence-corrected chi connectivity index (χ2v) is 9.16. The van der Waals surface area contributed by atoms with Gasteiger partial charge in [0, 0.05) is 19.0 Å². The third kappa shape index (κ3) is 4.85. The average Bonchev–Trinajstić information content (AvgIpc) is 3.53. The number of carbonyl (C=O) groups is 1. The second kappa shape index (κ2) is 8.90. The number of benzene rings is 2. The number of nitrogens with zero attached hydrogens (tertiary/aromatic N) is 5. The van der Waals surface area contributed by atoms with Gasteiger partial charge < -0.3 is 4.90 Å². The molecule has 0 unspecified atom stereocenters. The highest BCUT2D eigenvalue weighted by Crippen LogP contribution is 2.28. The predicted molar refractivity (Wildman–Crippen MR) is 116 cm³/mol. The van der Waals surface area contributed by atoms with Crippen LogP contribution in [0.4, 0.5) is 0 Å². The maximum absolute atomic E-state index is 13.1. The van der Waals surface area contributed by atoms with Crippen molar-refractivity contribution in [1.29, 1.82) is 5.26 Å². The van der Waals surface area contributed by atoms with Crippen LogP contribution in [0.3, 0.4) is 0 Å². The molecule has 10 heteroatoms. The number of aromatic nitrogens is 3. The van der Waals surface area contributed by atoms with Gasteiger partial charge >= 0.3 is 0 Å². The molecule has 0 aliphatic heterocycles. The lowest BCUT2D eigenvalue weighted by atomic mass is 10.1. The fourth-order valence-corrected chi connectivity index (χ4v) is 3.96. The van der Waals surface area contributed by atoms with E-state index in [9.17, 15) is 13.2 Å². The number of primary sulfonamides is 1. The van der Waals surface area contributed by atoms with Crippen LogP contribution < -0.4 is 5.14 Å². The van der Waals surface area contributed by atoms with Crippen molar-refractivity contribution >= 4 is 15.9 Å². The molecule has 0 saturated heterocycles. The minimum Gasteiger partial charge on any atom is -0.332 e. The quantitative estimate of drug-likeness (QED) is 0.558. The Hall–Kier alpha value is -3.55. The fraction of sp³-hybridized carbons (Fsp3) is 0.273. The summed E-state index contributed by atoms with van der Waals surface area (Å²) in [6, 6.07) is 17.8. The number of nitriles is 1. The third-order valence-corrected chi connectivity index (χ3v) is 6.12. The van der Waals surface area contributed by atoms with Gasteiger partial charge in [-0.1, -0.05) is 30.3 Å². The molecule has 1 aliphatic carbocycles. The minimum atomic E-state index is -3.82. The van der Waals surface area contributed by atoms with E-state index in [1.54, 1.807) is 21.7 Å². The van der Waals surface area contributed by atoms with Gasteiger partial charge in [-0.15, -0.1) is 5.10 Å². The Morgan fingerprint density at radius 1 is 1.16 bits per heavy atom. The van der Waals surface area contributed by atoms with Crippen molar-refractivity contribution < 1.29 is 13.2 Å². The van der Waals surface area contributed by atoms with E-state index in [1.807, 2.05) is 30.3 Å². The van der Waals surface area contributed by atoms with Crippen molar-refractivity contribution in [3.63, 3.8) is 0 Å². The molecule has 1 fully saturated rings. The largest absolute Gasteiger partial charge is 0.332 e. The molecule has 1 aromatic heterocycles. The third-order valence-electron chi connectivity index (χ3n) is 5.19. The number of carbonyl (C=O) groups excluding carboxylic acids is 1. The maximum Gasteiger partial charge on any atom is 0.293 e. The lowest BCUT2D eigenvalue weighted by Gasteiger charge is -2.19. The molecule has 0 atom stereocenters. The Labute approximate surface area is 186 Å². The zero-order valence-electron chi connectivity index (χ0n) is 17.3. The van der Waals surface area contributed by atoms with E-state index in [2.05, 4.69) is 16.2 Å². The van der Waals surface area contributed by atoms with Gasteiger partial charge in [-0.05, 0) is 42.7 Å². The first-order valence-electron chi connectivity index (χ1n) is 10.2. The van der Waals surface area contributed by atoms with E-state index in [0.29, 0.717) is 24.5 Å². The van der Waals surface area contributed by atoms with Crippen molar-refractivity contribution in [2.24, 2.45) is 5.14 Å². The van der Waals surface area contributed by atoms with Crippen LogP contribution in [0, 0.1) is 11.3 Å². The molecule has 1 aliphatic rings. The maximum atomic E-state index is 13.1. The summed E-state index contributed by atoms with van der Waals surface area (Å²) in [6.07, 6.45) is 2.49. The summed E-state index contributed by atoms with van der Waals surface area (Å²) in [5.41, 5.74) is 1.55. The van der Waals surface area contributed by atoms with Gasteiger partial charge in [0.25, 0.3) is 5.91 Å². The molecule has 1 saturated carbocycles. The lowest BCUT2D eigenvalue weighted by molar-refractivity contribution is 0.0734. The average molecular weight is 451 g/mol. The number of nitrogens with two attached hydrogens (primary N) is 1. The van der Waals surface area contributed by atoms with Crippen LogP contribution in [0.25, 0.3) is 5.69 Å². The van der Waals surface area contributed by atoms with Crippen LogP contribution in [0.15, 0.2) is 59.5 Å². The van der Waals surface area contributed by atoms with Crippen LogP contribution >= 0.6 is 0 Å². The summed E-state index contributed by atoms with van der Waals surface area (Å²) in [5, 5.41) is 18.6. The molecule has 0 spiro atoms. The van der Waals surface area contributed by atoms with Gasteiger partial charge in [-0.25, -0.2) is 23.2 Å². The number of amides is 1. The Morgan fingerprint density at radius 2 is 1.84 bits per heavy atom. The van der Waals surface area contributed by atoms with E-state index >= 15 is 0 Å². The molecule has 1 heterocycles. The van der Waals surface area contributed by atoms with Gasteiger partial charge in [-0.3, -0.25) is 4.79 Å². The summed E-state index contributed by atoms with van der Waals surface area (Å²) in [6.45, 7) is 0.339. The van der Waals surface area contributed by atoms with Gasteiger partial charge in [0.05, 0.1) is 23.1 Å². The molecule has 0 radical (unpaired) electrons. The van der Waals surface area contributed by atoms with E-state index in [4.69, 9.17) is 10.4 Å². The Kier molecular flexibility index (Phi) is 6.03. The van der Waals surface area contributed by atoms with Gasteiger partial charge in [0.2, 0.25) is 15.8 Å². The van der Waals surface area contributed by atoms with Crippen LogP contribution in [-0.2, 0) is 16.4 Å². The molecule has 1 amide bonds. The molecule has 164 valence electrons. The first-order chi connectivity index (χ1) is 15.4. The topological polar surface area (TPSA) is 135 Å². The molecule has 4 rings (SSSR count). The number of hydrogen-bond donors (Lipinski definition) is 1. The highest BCUT2D eigenvalue weighted by atomic mass is 32.2.